The molecule has 0 unspecified atom stereocenters. The molecule has 2 aromatic carbocycles. The SMILES string of the molecule is CCc1nn(C)c(CNc2ccc3ccccc3c2)c1Br. The maximum Gasteiger partial charge on any atom is 0.0767 e. The largest absolute Gasteiger partial charge is 0.379 e. The second-order valence-corrected chi connectivity index (χ2v) is 5.89. The van der Waals surface area contributed by atoms with Gasteiger partial charge in [0.2, 0.25) is 0 Å². The van der Waals surface area contributed by atoms with Gasteiger partial charge >= 0.3 is 0 Å². The van der Waals surface area contributed by atoms with E-state index < -0.39 is 0 Å². The highest BCUT2D eigenvalue weighted by atomic mass is 79.9. The van der Waals surface area contributed by atoms with Gasteiger partial charge in [-0.25, -0.2) is 0 Å². The molecule has 0 atom stereocenters. The number of aryl methyl sites for hydroxylation is 2. The van der Waals surface area contributed by atoms with E-state index in [1.54, 1.807) is 0 Å². The van der Waals surface area contributed by atoms with Crippen molar-refractivity contribution in [3.05, 3.63) is 58.3 Å². The van der Waals surface area contributed by atoms with Crippen molar-refractivity contribution in [2.24, 2.45) is 7.05 Å². The lowest BCUT2D eigenvalue weighted by molar-refractivity contribution is 0.706. The Hall–Kier alpha value is -1.81. The molecule has 0 fully saturated rings. The van der Waals surface area contributed by atoms with Crippen molar-refractivity contribution in [2.75, 3.05) is 5.32 Å². The second kappa shape index (κ2) is 5.90. The Bertz CT molecular complexity index is 777. The molecule has 1 N–H and O–H groups in total. The number of rotatable bonds is 4. The number of nitrogens with zero attached hydrogens (tertiary/aromatic N) is 2. The fraction of sp³-hybridized carbons (Fsp3) is 0.235. The minimum Gasteiger partial charge on any atom is -0.379 e. The van der Waals surface area contributed by atoms with E-state index in [2.05, 4.69) is 75.7 Å². The molecule has 3 rings (SSSR count). The monoisotopic (exact) mass is 343 g/mol. The van der Waals surface area contributed by atoms with E-state index in [1.807, 2.05) is 11.7 Å². The third-order valence-corrected chi connectivity index (χ3v) is 4.63. The van der Waals surface area contributed by atoms with E-state index in [0.717, 1.165) is 28.8 Å². The molecule has 0 aliphatic carbocycles. The zero-order valence-corrected chi connectivity index (χ0v) is 13.8. The molecule has 1 aromatic heterocycles. The van der Waals surface area contributed by atoms with Crippen LogP contribution >= 0.6 is 15.9 Å². The number of hydrogen-bond donors (Lipinski definition) is 1. The summed E-state index contributed by atoms with van der Waals surface area (Å²) in [5.41, 5.74) is 3.40. The van der Waals surface area contributed by atoms with Crippen LogP contribution in [0.5, 0.6) is 0 Å². The van der Waals surface area contributed by atoms with Crippen LogP contribution in [-0.2, 0) is 20.0 Å². The molecular weight excluding hydrogens is 326 g/mol. The summed E-state index contributed by atoms with van der Waals surface area (Å²) >= 11 is 3.65. The first kappa shape index (κ1) is 14.1. The molecular formula is C17H18BrN3. The van der Waals surface area contributed by atoms with Crippen LogP contribution in [0.15, 0.2) is 46.9 Å². The van der Waals surface area contributed by atoms with Gasteiger partial charge in [0.1, 0.15) is 0 Å². The highest BCUT2D eigenvalue weighted by Gasteiger charge is 2.11. The van der Waals surface area contributed by atoms with E-state index in [1.165, 1.54) is 16.5 Å². The van der Waals surface area contributed by atoms with Crippen LogP contribution < -0.4 is 5.32 Å². The van der Waals surface area contributed by atoms with Crippen LogP contribution in [0.1, 0.15) is 18.3 Å². The van der Waals surface area contributed by atoms with E-state index in [4.69, 9.17) is 0 Å². The average molecular weight is 344 g/mol. The van der Waals surface area contributed by atoms with Gasteiger partial charge in [0, 0.05) is 12.7 Å². The maximum atomic E-state index is 4.52. The smallest absolute Gasteiger partial charge is 0.0767 e. The first-order valence-electron chi connectivity index (χ1n) is 7.12. The summed E-state index contributed by atoms with van der Waals surface area (Å²) in [7, 11) is 1.99. The average Bonchev–Trinajstić information content (AvgIpc) is 2.79. The van der Waals surface area contributed by atoms with Gasteiger partial charge in [-0.3, -0.25) is 4.68 Å². The molecule has 1 heterocycles. The Balaban J connectivity index is 1.81. The van der Waals surface area contributed by atoms with Gasteiger partial charge in [-0.05, 0) is 45.3 Å². The molecule has 3 aromatic rings. The summed E-state index contributed by atoms with van der Waals surface area (Å²) < 4.78 is 3.05. The van der Waals surface area contributed by atoms with Crippen molar-refractivity contribution in [1.82, 2.24) is 9.78 Å². The highest BCUT2D eigenvalue weighted by molar-refractivity contribution is 9.10. The van der Waals surface area contributed by atoms with Crippen LogP contribution in [0, 0.1) is 0 Å². The number of nitrogens with one attached hydrogen (secondary N) is 1. The topological polar surface area (TPSA) is 29.9 Å². The molecule has 3 nitrogen and oxygen atoms in total. The minimum atomic E-state index is 0.752. The summed E-state index contributed by atoms with van der Waals surface area (Å²) in [6.07, 6.45) is 0.935. The van der Waals surface area contributed by atoms with Crippen molar-refractivity contribution in [1.29, 1.82) is 0 Å². The van der Waals surface area contributed by atoms with E-state index in [0.29, 0.717) is 0 Å². The van der Waals surface area contributed by atoms with Gasteiger partial charge in [-0.1, -0.05) is 37.3 Å². The number of aromatic nitrogens is 2. The zero-order valence-electron chi connectivity index (χ0n) is 12.2. The Morgan fingerprint density at radius 3 is 2.62 bits per heavy atom. The predicted molar refractivity (Wildman–Crippen MR) is 91.6 cm³/mol. The van der Waals surface area contributed by atoms with Gasteiger partial charge in [0.25, 0.3) is 0 Å². The van der Waals surface area contributed by atoms with E-state index in [9.17, 15) is 0 Å². The molecule has 0 radical (unpaired) electrons. The molecule has 0 aliphatic heterocycles. The third-order valence-electron chi connectivity index (χ3n) is 3.71. The predicted octanol–water partition coefficient (Wildman–Crippen LogP) is 4.51. The molecule has 0 saturated heterocycles. The van der Waals surface area contributed by atoms with E-state index >= 15 is 0 Å². The second-order valence-electron chi connectivity index (χ2n) is 5.10. The lowest BCUT2D eigenvalue weighted by atomic mass is 10.1. The molecule has 108 valence electrons. The molecule has 0 saturated carbocycles. The van der Waals surface area contributed by atoms with Crippen molar-refractivity contribution in [2.45, 2.75) is 19.9 Å². The molecule has 0 bridgehead atoms. The van der Waals surface area contributed by atoms with Crippen LogP contribution in [0.25, 0.3) is 10.8 Å². The van der Waals surface area contributed by atoms with Gasteiger partial charge in [0.15, 0.2) is 0 Å². The molecule has 0 spiro atoms. The standard InChI is InChI=1S/C17H18BrN3/c1-3-15-17(18)16(21(2)20-15)11-19-14-9-8-12-6-4-5-7-13(12)10-14/h4-10,19H,3,11H2,1-2H3. The highest BCUT2D eigenvalue weighted by Crippen LogP contribution is 2.24. The van der Waals surface area contributed by atoms with Crippen molar-refractivity contribution in [3.8, 4) is 0 Å². The summed E-state index contributed by atoms with van der Waals surface area (Å²) in [6, 6.07) is 14.8. The van der Waals surface area contributed by atoms with Crippen LogP contribution in [0.3, 0.4) is 0 Å². The fourth-order valence-corrected chi connectivity index (χ4v) is 3.25. The van der Waals surface area contributed by atoms with Gasteiger partial charge in [-0.2, -0.15) is 5.10 Å². The lowest BCUT2D eigenvalue weighted by Crippen LogP contribution is -2.05. The van der Waals surface area contributed by atoms with Crippen molar-refractivity contribution in [3.63, 3.8) is 0 Å². The Kier molecular flexibility index (Phi) is 3.97. The molecule has 0 aliphatic rings. The summed E-state index contributed by atoms with van der Waals surface area (Å²) in [6.45, 7) is 2.87. The Morgan fingerprint density at radius 2 is 1.90 bits per heavy atom. The molecule has 0 amide bonds. The quantitative estimate of drug-likeness (QED) is 0.755. The van der Waals surface area contributed by atoms with Crippen LogP contribution in [0.4, 0.5) is 5.69 Å². The third kappa shape index (κ3) is 2.81. The number of benzene rings is 2. The Morgan fingerprint density at radius 1 is 1.14 bits per heavy atom. The summed E-state index contributed by atoms with van der Waals surface area (Å²) in [5.74, 6) is 0. The number of anilines is 1. The molecule has 4 heteroatoms. The zero-order chi connectivity index (χ0) is 14.8. The number of hydrogen-bond acceptors (Lipinski definition) is 2. The first-order valence-corrected chi connectivity index (χ1v) is 7.91. The Labute approximate surface area is 133 Å². The minimum absolute atomic E-state index is 0.752. The number of fused-ring (bicyclic) bond motifs is 1. The normalized spacial score (nSPS) is 11.0. The molecule has 21 heavy (non-hydrogen) atoms. The lowest BCUT2D eigenvalue weighted by Gasteiger charge is -2.08. The van der Waals surface area contributed by atoms with Crippen molar-refractivity contribution >= 4 is 32.4 Å². The van der Waals surface area contributed by atoms with Crippen molar-refractivity contribution < 1.29 is 0 Å². The maximum absolute atomic E-state index is 4.52. The van der Waals surface area contributed by atoms with Gasteiger partial charge < -0.3 is 5.32 Å². The van der Waals surface area contributed by atoms with E-state index in [-0.39, 0.29) is 0 Å². The summed E-state index contributed by atoms with van der Waals surface area (Å²) in [5, 5.41) is 10.5. The first-order chi connectivity index (χ1) is 10.2. The van der Waals surface area contributed by atoms with Crippen LogP contribution in [0.2, 0.25) is 0 Å². The fourth-order valence-electron chi connectivity index (χ4n) is 2.50. The number of halogens is 1. The van der Waals surface area contributed by atoms with Crippen LogP contribution in [-0.4, -0.2) is 9.78 Å². The summed E-state index contributed by atoms with van der Waals surface area (Å²) in [4.78, 5) is 0. The van der Waals surface area contributed by atoms with Gasteiger partial charge in [-0.15, -0.1) is 0 Å². The van der Waals surface area contributed by atoms with Gasteiger partial charge in [0.05, 0.1) is 22.4 Å².